The van der Waals surface area contributed by atoms with Crippen LogP contribution in [0.2, 0.25) is 5.02 Å². The highest BCUT2D eigenvalue weighted by Crippen LogP contribution is 2.42. The van der Waals surface area contributed by atoms with Gasteiger partial charge in [0.05, 0.1) is 16.9 Å². The van der Waals surface area contributed by atoms with Crippen LogP contribution in [-0.2, 0) is 18.5 Å². The largest absolute Gasteiger partial charge is 0.297 e. The second-order valence-electron chi connectivity index (χ2n) is 5.63. The van der Waals surface area contributed by atoms with Gasteiger partial charge in [-0.15, -0.1) is 0 Å². The number of H-pyrrole nitrogens is 1. The van der Waals surface area contributed by atoms with Gasteiger partial charge in [0.25, 0.3) is 0 Å². The SMILES string of the molecule is Clc1cn[nH]c1CN1CC[C@@]2(CCn3nccc32)C1. The number of nitrogens with one attached hydrogen (secondary N) is 1. The summed E-state index contributed by atoms with van der Waals surface area (Å²) in [5.41, 5.74) is 2.74. The summed E-state index contributed by atoms with van der Waals surface area (Å²) in [5.74, 6) is 0. The molecular formula is C13H16ClN5. The van der Waals surface area contributed by atoms with Gasteiger partial charge in [-0.25, -0.2) is 0 Å². The summed E-state index contributed by atoms with van der Waals surface area (Å²) in [4.78, 5) is 2.46. The molecule has 1 saturated heterocycles. The Morgan fingerprint density at radius 2 is 2.26 bits per heavy atom. The molecule has 6 heteroatoms. The molecule has 0 bridgehead atoms. The smallest absolute Gasteiger partial charge is 0.0828 e. The number of fused-ring (bicyclic) bond motifs is 2. The zero-order valence-corrected chi connectivity index (χ0v) is 11.4. The molecule has 0 aliphatic carbocycles. The van der Waals surface area contributed by atoms with E-state index in [4.69, 9.17) is 11.6 Å². The molecule has 100 valence electrons. The third kappa shape index (κ3) is 1.72. The Kier molecular flexibility index (Phi) is 2.47. The Hall–Kier alpha value is -1.33. The van der Waals surface area contributed by atoms with Crippen molar-refractivity contribution in [2.24, 2.45) is 0 Å². The maximum atomic E-state index is 6.10. The van der Waals surface area contributed by atoms with Crippen LogP contribution in [0.4, 0.5) is 0 Å². The molecule has 5 nitrogen and oxygen atoms in total. The average molecular weight is 278 g/mol. The van der Waals surface area contributed by atoms with Crippen LogP contribution in [0.3, 0.4) is 0 Å². The second-order valence-corrected chi connectivity index (χ2v) is 6.03. The van der Waals surface area contributed by atoms with Gasteiger partial charge in [0, 0.05) is 36.9 Å². The van der Waals surface area contributed by atoms with Gasteiger partial charge >= 0.3 is 0 Å². The van der Waals surface area contributed by atoms with Crippen molar-refractivity contribution in [3.63, 3.8) is 0 Å². The maximum Gasteiger partial charge on any atom is 0.0828 e. The van der Waals surface area contributed by atoms with Crippen molar-refractivity contribution in [2.75, 3.05) is 13.1 Å². The Balaban J connectivity index is 1.54. The Morgan fingerprint density at radius 1 is 1.37 bits per heavy atom. The van der Waals surface area contributed by atoms with Crippen LogP contribution < -0.4 is 0 Å². The molecule has 2 aromatic heterocycles. The number of hydrogen-bond acceptors (Lipinski definition) is 3. The predicted octanol–water partition coefficient (Wildman–Crippen LogP) is 1.81. The fraction of sp³-hybridized carbons (Fsp3) is 0.538. The number of aromatic nitrogens is 4. The number of rotatable bonds is 2. The molecule has 2 aliphatic heterocycles. The maximum absolute atomic E-state index is 6.10. The minimum absolute atomic E-state index is 0.309. The van der Waals surface area contributed by atoms with Crippen LogP contribution in [0, 0.1) is 0 Å². The van der Waals surface area contributed by atoms with Crippen molar-refractivity contribution in [1.82, 2.24) is 24.9 Å². The first kappa shape index (κ1) is 11.5. The number of hydrogen-bond donors (Lipinski definition) is 1. The summed E-state index contributed by atoms with van der Waals surface area (Å²) >= 11 is 6.10. The van der Waals surface area contributed by atoms with Crippen LogP contribution in [0.25, 0.3) is 0 Å². The van der Waals surface area contributed by atoms with Gasteiger partial charge in [0.2, 0.25) is 0 Å². The first-order valence-electron chi connectivity index (χ1n) is 6.69. The Labute approximate surface area is 116 Å². The summed E-state index contributed by atoms with van der Waals surface area (Å²) in [7, 11) is 0. The van der Waals surface area contributed by atoms with E-state index in [1.807, 2.05) is 6.20 Å². The zero-order valence-electron chi connectivity index (χ0n) is 10.6. The molecule has 0 unspecified atom stereocenters. The third-order valence-corrected chi connectivity index (χ3v) is 4.87. The van der Waals surface area contributed by atoms with E-state index in [2.05, 4.69) is 30.9 Å². The van der Waals surface area contributed by atoms with Crippen molar-refractivity contribution in [1.29, 1.82) is 0 Å². The van der Waals surface area contributed by atoms with Crippen LogP contribution >= 0.6 is 11.6 Å². The minimum atomic E-state index is 0.309. The number of likely N-dealkylation sites (tertiary alicyclic amines) is 1. The lowest BCUT2D eigenvalue weighted by Gasteiger charge is -2.23. The second kappa shape index (κ2) is 4.08. The number of nitrogens with zero attached hydrogens (tertiary/aromatic N) is 4. The number of halogens is 1. The summed E-state index contributed by atoms with van der Waals surface area (Å²) in [5, 5.41) is 12.1. The van der Waals surface area contributed by atoms with Gasteiger partial charge in [-0.1, -0.05) is 11.6 Å². The summed E-state index contributed by atoms with van der Waals surface area (Å²) in [6, 6.07) is 2.18. The first-order valence-corrected chi connectivity index (χ1v) is 7.07. The summed E-state index contributed by atoms with van der Waals surface area (Å²) in [6.45, 7) is 4.12. The molecule has 19 heavy (non-hydrogen) atoms. The van der Waals surface area contributed by atoms with E-state index in [1.165, 1.54) is 18.5 Å². The van der Waals surface area contributed by atoms with Gasteiger partial charge in [0.15, 0.2) is 0 Å². The molecule has 0 aromatic carbocycles. The quantitative estimate of drug-likeness (QED) is 0.911. The van der Waals surface area contributed by atoms with E-state index in [9.17, 15) is 0 Å². The van der Waals surface area contributed by atoms with Gasteiger partial charge in [-0.3, -0.25) is 14.7 Å². The molecule has 4 rings (SSSR count). The highest BCUT2D eigenvalue weighted by molar-refractivity contribution is 6.31. The monoisotopic (exact) mass is 277 g/mol. The highest BCUT2D eigenvalue weighted by atomic mass is 35.5. The van der Waals surface area contributed by atoms with Crippen LogP contribution in [0.1, 0.15) is 24.2 Å². The van der Waals surface area contributed by atoms with E-state index in [0.717, 1.165) is 36.9 Å². The van der Waals surface area contributed by atoms with Crippen LogP contribution in [0.5, 0.6) is 0 Å². The Bertz CT molecular complexity index is 604. The normalized spacial score (nSPS) is 26.4. The molecular weight excluding hydrogens is 262 g/mol. The van der Waals surface area contributed by atoms with E-state index in [0.29, 0.717) is 5.41 Å². The third-order valence-electron chi connectivity index (χ3n) is 4.54. The van der Waals surface area contributed by atoms with Gasteiger partial charge in [0.1, 0.15) is 0 Å². The van der Waals surface area contributed by atoms with Crippen LogP contribution in [0.15, 0.2) is 18.5 Å². The predicted molar refractivity (Wildman–Crippen MR) is 72.0 cm³/mol. The summed E-state index contributed by atoms with van der Waals surface area (Å²) < 4.78 is 2.16. The van der Waals surface area contributed by atoms with Gasteiger partial charge < -0.3 is 0 Å². The zero-order chi connectivity index (χ0) is 12.9. The van der Waals surface area contributed by atoms with Crippen molar-refractivity contribution in [3.8, 4) is 0 Å². The van der Waals surface area contributed by atoms with Crippen molar-refractivity contribution in [2.45, 2.75) is 31.3 Å². The summed E-state index contributed by atoms with van der Waals surface area (Å²) in [6.07, 6.45) is 6.02. The molecule has 0 saturated carbocycles. The molecule has 1 atom stereocenters. The van der Waals surface area contributed by atoms with Crippen molar-refractivity contribution < 1.29 is 0 Å². The van der Waals surface area contributed by atoms with E-state index in [1.54, 1.807) is 6.20 Å². The highest BCUT2D eigenvalue weighted by Gasteiger charge is 2.44. The van der Waals surface area contributed by atoms with Crippen molar-refractivity contribution in [3.05, 3.63) is 34.9 Å². The lowest BCUT2D eigenvalue weighted by atomic mass is 9.83. The fourth-order valence-corrected chi connectivity index (χ4v) is 3.70. The molecule has 1 fully saturated rings. The van der Waals surface area contributed by atoms with Crippen molar-refractivity contribution >= 4 is 11.6 Å². The minimum Gasteiger partial charge on any atom is -0.297 e. The molecule has 2 aliphatic rings. The first-order chi connectivity index (χ1) is 9.27. The molecule has 1 N–H and O–H groups in total. The van der Waals surface area contributed by atoms with Gasteiger partial charge in [-0.2, -0.15) is 10.2 Å². The fourth-order valence-electron chi connectivity index (χ4n) is 3.55. The molecule has 0 radical (unpaired) electrons. The van der Waals surface area contributed by atoms with Gasteiger partial charge in [-0.05, 0) is 25.5 Å². The topological polar surface area (TPSA) is 49.7 Å². The van der Waals surface area contributed by atoms with Crippen LogP contribution in [-0.4, -0.2) is 38.0 Å². The molecule has 0 amide bonds. The average Bonchev–Trinajstić information content (AvgIpc) is 3.12. The van der Waals surface area contributed by atoms with E-state index < -0.39 is 0 Å². The lowest BCUT2D eigenvalue weighted by Crippen LogP contribution is -2.29. The van der Waals surface area contributed by atoms with E-state index in [-0.39, 0.29) is 0 Å². The Morgan fingerprint density at radius 3 is 3.11 bits per heavy atom. The van der Waals surface area contributed by atoms with E-state index >= 15 is 0 Å². The molecule has 1 spiro atoms. The standard InChI is InChI=1S/C13H16ClN5/c14-10-7-15-17-11(10)8-18-5-2-13(9-18)3-6-19-12(13)1-4-16-19/h1,4,7H,2-3,5-6,8-9H2,(H,15,17)/t13-/m1/s1. The number of aryl methyl sites for hydroxylation is 1. The lowest BCUT2D eigenvalue weighted by molar-refractivity contribution is 0.298. The molecule has 2 aromatic rings. The number of aromatic amines is 1. The molecule has 4 heterocycles.